The molecule has 1 N–H and O–H groups in total. The van der Waals surface area contributed by atoms with Gasteiger partial charge >= 0.3 is 0 Å². The predicted molar refractivity (Wildman–Crippen MR) is 89.9 cm³/mol. The number of hydrogen-bond acceptors (Lipinski definition) is 3. The number of aromatic nitrogens is 3. The van der Waals surface area contributed by atoms with E-state index in [4.69, 9.17) is 0 Å². The van der Waals surface area contributed by atoms with Gasteiger partial charge in [0.2, 0.25) is 0 Å². The molecule has 6 nitrogen and oxygen atoms in total. The Bertz CT molecular complexity index is 790. The van der Waals surface area contributed by atoms with E-state index in [0.717, 1.165) is 31.1 Å². The molecule has 2 aromatic heterocycles. The zero-order valence-corrected chi connectivity index (χ0v) is 13.6. The van der Waals surface area contributed by atoms with Crippen molar-refractivity contribution in [2.45, 2.75) is 38.1 Å². The SMILES string of the molecule is O=C(c1ccc[nH]c1=O)N1CCC[C@H](c2nccn2CC2CC2)C1. The molecule has 2 aromatic rings. The summed E-state index contributed by atoms with van der Waals surface area (Å²) in [4.78, 5) is 33.5. The molecule has 1 amide bonds. The fourth-order valence-corrected chi connectivity index (χ4v) is 3.55. The first-order valence-corrected chi connectivity index (χ1v) is 8.70. The van der Waals surface area contributed by atoms with Crippen LogP contribution in [0, 0.1) is 5.92 Å². The van der Waals surface area contributed by atoms with E-state index in [1.165, 1.54) is 12.8 Å². The standard InChI is InChI=1S/C18H22N4O2/c23-17-15(4-1-7-20-17)18(24)22-9-2-3-14(12-22)16-19-8-10-21(16)11-13-5-6-13/h1,4,7-8,10,13-14H,2-3,5-6,9,11-12H2,(H,20,23)/t14-/m0/s1. The van der Waals surface area contributed by atoms with Crippen LogP contribution in [0.15, 0.2) is 35.5 Å². The average molecular weight is 326 g/mol. The molecule has 4 rings (SSSR count). The number of nitrogens with zero attached hydrogens (tertiary/aromatic N) is 3. The lowest BCUT2D eigenvalue weighted by Crippen LogP contribution is -2.41. The third kappa shape index (κ3) is 3.00. The molecule has 1 saturated carbocycles. The highest BCUT2D eigenvalue weighted by Gasteiger charge is 2.30. The van der Waals surface area contributed by atoms with Crippen LogP contribution in [0.25, 0.3) is 0 Å². The Hall–Kier alpha value is -2.37. The van der Waals surface area contributed by atoms with Gasteiger partial charge in [-0.2, -0.15) is 0 Å². The fraction of sp³-hybridized carbons (Fsp3) is 0.500. The van der Waals surface area contributed by atoms with Gasteiger partial charge in [-0.3, -0.25) is 9.59 Å². The van der Waals surface area contributed by atoms with Crippen LogP contribution in [0.1, 0.15) is 47.8 Å². The van der Waals surface area contributed by atoms with Crippen molar-refractivity contribution in [2.75, 3.05) is 13.1 Å². The number of carbonyl (C=O) groups is 1. The van der Waals surface area contributed by atoms with E-state index in [0.29, 0.717) is 13.1 Å². The van der Waals surface area contributed by atoms with Crippen LogP contribution in [-0.2, 0) is 6.54 Å². The van der Waals surface area contributed by atoms with E-state index in [1.54, 1.807) is 23.2 Å². The lowest BCUT2D eigenvalue weighted by molar-refractivity contribution is 0.0701. The maximum Gasteiger partial charge on any atom is 0.260 e. The monoisotopic (exact) mass is 326 g/mol. The molecule has 1 aliphatic heterocycles. The molecule has 0 aromatic carbocycles. The molecule has 0 bridgehead atoms. The van der Waals surface area contributed by atoms with Gasteiger partial charge in [0, 0.05) is 44.1 Å². The summed E-state index contributed by atoms with van der Waals surface area (Å²) in [5.74, 6) is 1.95. The molecule has 2 aliphatic rings. The number of amides is 1. The van der Waals surface area contributed by atoms with Crippen LogP contribution in [-0.4, -0.2) is 38.4 Å². The normalized spacial score (nSPS) is 21.0. The van der Waals surface area contributed by atoms with E-state index in [1.807, 2.05) is 6.20 Å². The molecule has 0 radical (unpaired) electrons. The molecule has 1 saturated heterocycles. The number of carbonyl (C=O) groups excluding carboxylic acids is 1. The quantitative estimate of drug-likeness (QED) is 0.934. The van der Waals surface area contributed by atoms with Gasteiger partial charge in [0.05, 0.1) is 0 Å². The first-order chi connectivity index (χ1) is 11.7. The molecule has 0 unspecified atom stereocenters. The van der Waals surface area contributed by atoms with Crippen molar-refractivity contribution in [3.05, 3.63) is 52.5 Å². The maximum atomic E-state index is 12.7. The Morgan fingerprint density at radius 3 is 3.00 bits per heavy atom. The zero-order valence-electron chi connectivity index (χ0n) is 13.6. The number of nitrogens with one attached hydrogen (secondary N) is 1. The van der Waals surface area contributed by atoms with Gasteiger partial charge in [-0.05, 0) is 43.7 Å². The molecule has 1 atom stereocenters. The smallest absolute Gasteiger partial charge is 0.260 e. The minimum absolute atomic E-state index is 0.179. The highest BCUT2D eigenvalue weighted by Crippen LogP contribution is 2.33. The van der Waals surface area contributed by atoms with Gasteiger partial charge in [0.25, 0.3) is 11.5 Å². The Morgan fingerprint density at radius 1 is 1.33 bits per heavy atom. The second-order valence-electron chi connectivity index (χ2n) is 6.88. The summed E-state index contributed by atoms with van der Waals surface area (Å²) in [6.07, 6.45) is 10.1. The lowest BCUT2D eigenvalue weighted by atomic mass is 9.96. The summed E-state index contributed by atoms with van der Waals surface area (Å²) in [5, 5.41) is 0. The molecular formula is C18H22N4O2. The first-order valence-electron chi connectivity index (χ1n) is 8.70. The largest absolute Gasteiger partial charge is 0.338 e. The van der Waals surface area contributed by atoms with Gasteiger partial charge in [-0.25, -0.2) is 4.98 Å². The van der Waals surface area contributed by atoms with Crippen molar-refractivity contribution in [1.29, 1.82) is 0 Å². The van der Waals surface area contributed by atoms with Gasteiger partial charge in [0.1, 0.15) is 11.4 Å². The fourth-order valence-electron chi connectivity index (χ4n) is 3.55. The highest BCUT2D eigenvalue weighted by atomic mass is 16.2. The van der Waals surface area contributed by atoms with Crippen molar-refractivity contribution >= 4 is 5.91 Å². The summed E-state index contributed by atoms with van der Waals surface area (Å²) < 4.78 is 2.26. The minimum Gasteiger partial charge on any atom is -0.338 e. The third-order valence-electron chi connectivity index (χ3n) is 5.02. The summed E-state index contributed by atoms with van der Waals surface area (Å²) in [5.41, 5.74) is -0.0978. The second kappa shape index (κ2) is 6.26. The molecule has 0 spiro atoms. The minimum atomic E-state index is -0.320. The Kier molecular flexibility index (Phi) is 3.96. The van der Waals surface area contributed by atoms with Crippen LogP contribution in [0.5, 0.6) is 0 Å². The predicted octanol–water partition coefficient (Wildman–Crippen LogP) is 2.00. The highest BCUT2D eigenvalue weighted by molar-refractivity contribution is 5.93. The molecule has 24 heavy (non-hydrogen) atoms. The average Bonchev–Trinajstić information content (AvgIpc) is 3.30. The van der Waals surface area contributed by atoms with Crippen LogP contribution in [0.2, 0.25) is 0 Å². The van der Waals surface area contributed by atoms with Crippen molar-refractivity contribution < 1.29 is 4.79 Å². The summed E-state index contributed by atoms with van der Waals surface area (Å²) >= 11 is 0. The number of hydrogen-bond donors (Lipinski definition) is 1. The van der Waals surface area contributed by atoms with Crippen LogP contribution >= 0.6 is 0 Å². The van der Waals surface area contributed by atoms with Gasteiger partial charge in [0.15, 0.2) is 0 Å². The van der Waals surface area contributed by atoms with E-state index in [9.17, 15) is 9.59 Å². The molecule has 2 fully saturated rings. The maximum absolute atomic E-state index is 12.7. The van der Waals surface area contributed by atoms with Crippen molar-refractivity contribution in [3.8, 4) is 0 Å². The van der Waals surface area contributed by atoms with Crippen LogP contribution < -0.4 is 5.56 Å². The van der Waals surface area contributed by atoms with Crippen LogP contribution in [0.4, 0.5) is 0 Å². The number of piperidine rings is 1. The Labute approximate surface area is 140 Å². The van der Waals surface area contributed by atoms with Crippen molar-refractivity contribution in [3.63, 3.8) is 0 Å². The van der Waals surface area contributed by atoms with Crippen molar-refractivity contribution in [2.24, 2.45) is 5.92 Å². The Morgan fingerprint density at radius 2 is 2.21 bits per heavy atom. The van der Waals surface area contributed by atoms with Crippen LogP contribution in [0.3, 0.4) is 0 Å². The van der Waals surface area contributed by atoms with Gasteiger partial charge in [-0.15, -0.1) is 0 Å². The summed E-state index contributed by atoms with van der Waals surface area (Å²) in [6.45, 7) is 2.37. The number of rotatable bonds is 4. The number of likely N-dealkylation sites (tertiary alicyclic amines) is 1. The number of H-pyrrole nitrogens is 1. The molecule has 6 heteroatoms. The van der Waals surface area contributed by atoms with E-state index in [-0.39, 0.29) is 22.9 Å². The Balaban J connectivity index is 1.51. The lowest BCUT2D eigenvalue weighted by Gasteiger charge is -2.32. The molecule has 3 heterocycles. The van der Waals surface area contributed by atoms with E-state index < -0.39 is 0 Å². The topological polar surface area (TPSA) is 71.0 Å². The van der Waals surface area contributed by atoms with E-state index >= 15 is 0 Å². The van der Waals surface area contributed by atoms with Crippen molar-refractivity contribution in [1.82, 2.24) is 19.4 Å². The first kappa shape index (κ1) is 15.2. The van der Waals surface area contributed by atoms with E-state index in [2.05, 4.69) is 20.7 Å². The second-order valence-corrected chi connectivity index (χ2v) is 6.88. The third-order valence-corrected chi connectivity index (χ3v) is 5.02. The molecule has 1 aliphatic carbocycles. The number of aromatic amines is 1. The van der Waals surface area contributed by atoms with Gasteiger partial charge in [-0.1, -0.05) is 0 Å². The number of pyridine rings is 1. The molecular weight excluding hydrogens is 304 g/mol. The molecule has 126 valence electrons. The van der Waals surface area contributed by atoms with Gasteiger partial charge < -0.3 is 14.5 Å². The number of imidazole rings is 1. The summed E-state index contributed by atoms with van der Waals surface area (Å²) in [7, 11) is 0. The zero-order chi connectivity index (χ0) is 16.5. The summed E-state index contributed by atoms with van der Waals surface area (Å²) in [6, 6.07) is 3.29.